The van der Waals surface area contributed by atoms with Gasteiger partial charge in [-0.25, -0.2) is 4.79 Å². The van der Waals surface area contributed by atoms with Crippen LogP contribution in [0.3, 0.4) is 0 Å². The highest BCUT2D eigenvalue weighted by Crippen LogP contribution is 2.28. The van der Waals surface area contributed by atoms with Crippen molar-refractivity contribution in [1.29, 1.82) is 0 Å². The Morgan fingerprint density at radius 1 is 1.50 bits per heavy atom. The predicted molar refractivity (Wildman–Crippen MR) is 66.1 cm³/mol. The Bertz CT molecular complexity index is 515. The van der Waals surface area contributed by atoms with Crippen molar-refractivity contribution in [1.82, 2.24) is 9.36 Å². The van der Waals surface area contributed by atoms with E-state index >= 15 is 0 Å². The standard InChI is InChI=1S/C9H5IN2O3S/c10-6-2-1-5(8(13)14)3-7(6)15-9-11-4-12-16-9/h1-4H,(H,13,14). The number of ether oxygens (including phenoxy) is 1. The van der Waals surface area contributed by atoms with Crippen molar-refractivity contribution in [3.05, 3.63) is 33.7 Å². The van der Waals surface area contributed by atoms with Crippen molar-refractivity contribution in [2.75, 3.05) is 0 Å². The molecule has 7 heteroatoms. The van der Waals surface area contributed by atoms with E-state index in [9.17, 15) is 4.79 Å². The molecule has 5 nitrogen and oxygen atoms in total. The molecule has 1 aromatic heterocycles. The van der Waals surface area contributed by atoms with E-state index in [0.29, 0.717) is 10.9 Å². The van der Waals surface area contributed by atoms with Crippen LogP contribution in [0, 0.1) is 3.57 Å². The van der Waals surface area contributed by atoms with Gasteiger partial charge in [0, 0.05) is 11.5 Å². The van der Waals surface area contributed by atoms with Crippen LogP contribution in [-0.2, 0) is 0 Å². The van der Waals surface area contributed by atoms with Crippen LogP contribution < -0.4 is 4.74 Å². The molecule has 0 aliphatic rings. The predicted octanol–water partition coefficient (Wildman–Crippen LogP) is 2.63. The van der Waals surface area contributed by atoms with Crippen LogP contribution >= 0.6 is 34.1 Å². The summed E-state index contributed by atoms with van der Waals surface area (Å²) in [5.74, 6) is -0.518. The first-order chi connectivity index (χ1) is 7.66. The molecule has 0 saturated heterocycles. The van der Waals surface area contributed by atoms with Crippen molar-refractivity contribution in [3.63, 3.8) is 0 Å². The fourth-order valence-electron chi connectivity index (χ4n) is 1.02. The molecule has 0 aliphatic carbocycles. The minimum Gasteiger partial charge on any atom is -0.478 e. The lowest BCUT2D eigenvalue weighted by atomic mass is 10.2. The molecule has 0 saturated carbocycles. The van der Waals surface area contributed by atoms with Crippen LogP contribution in [0.4, 0.5) is 0 Å². The zero-order valence-corrected chi connectivity index (χ0v) is 10.7. The number of benzene rings is 1. The maximum Gasteiger partial charge on any atom is 0.335 e. The number of nitrogens with zero attached hydrogens (tertiary/aromatic N) is 2. The number of carbonyl (C=O) groups is 1. The fraction of sp³-hybridized carbons (Fsp3) is 0. The molecule has 0 amide bonds. The summed E-state index contributed by atoms with van der Waals surface area (Å²) < 4.78 is 10.0. The number of hydrogen-bond donors (Lipinski definition) is 1. The lowest BCUT2D eigenvalue weighted by molar-refractivity contribution is 0.0696. The van der Waals surface area contributed by atoms with Crippen LogP contribution in [0.5, 0.6) is 10.9 Å². The number of rotatable bonds is 3. The van der Waals surface area contributed by atoms with Crippen LogP contribution in [0.25, 0.3) is 0 Å². The number of carboxylic acid groups (broad SMARTS) is 1. The van der Waals surface area contributed by atoms with Gasteiger partial charge in [0.1, 0.15) is 12.1 Å². The van der Waals surface area contributed by atoms with E-state index in [2.05, 4.69) is 31.9 Å². The van der Waals surface area contributed by atoms with Gasteiger partial charge in [0.2, 0.25) is 0 Å². The van der Waals surface area contributed by atoms with Crippen molar-refractivity contribution in [3.8, 4) is 10.9 Å². The summed E-state index contributed by atoms with van der Waals surface area (Å²) in [5, 5.41) is 9.23. The molecule has 0 unspecified atom stereocenters. The molecule has 0 spiro atoms. The molecule has 82 valence electrons. The number of hydrogen-bond acceptors (Lipinski definition) is 5. The van der Waals surface area contributed by atoms with Crippen LogP contribution in [0.15, 0.2) is 24.5 Å². The Morgan fingerprint density at radius 3 is 2.94 bits per heavy atom. The quantitative estimate of drug-likeness (QED) is 0.864. The highest BCUT2D eigenvalue weighted by Gasteiger charge is 2.09. The van der Waals surface area contributed by atoms with Crippen molar-refractivity contribution in [2.45, 2.75) is 0 Å². The minimum absolute atomic E-state index is 0.180. The van der Waals surface area contributed by atoms with Crippen molar-refractivity contribution < 1.29 is 14.6 Å². The van der Waals surface area contributed by atoms with Gasteiger partial charge < -0.3 is 9.84 Å². The minimum atomic E-state index is -0.987. The molecule has 0 radical (unpaired) electrons. The molecule has 1 aromatic carbocycles. The number of aromatic nitrogens is 2. The summed E-state index contributed by atoms with van der Waals surface area (Å²) in [4.78, 5) is 14.6. The largest absolute Gasteiger partial charge is 0.478 e. The van der Waals surface area contributed by atoms with E-state index in [0.717, 1.165) is 15.1 Å². The SMILES string of the molecule is O=C(O)c1ccc(I)c(Oc2ncns2)c1. The second-order valence-electron chi connectivity index (χ2n) is 2.76. The van der Waals surface area contributed by atoms with Crippen LogP contribution in [-0.4, -0.2) is 20.4 Å². The van der Waals surface area contributed by atoms with E-state index in [1.807, 2.05) is 0 Å². The molecule has 1 heterocycles. The first kappa shape index (κ1) is 11.3. The lowest BCUT2D eigenvalue weighted by Crippen LogP contribution is -1.97. The Hall–Kier alpha value is -1.22. The third-order valence-corrected chi connectivity index (χ3v) is 3.15. The number of aromatic carboxylic acids is 1. The Balaban J connectivity index is 2.32. The first-order valence-electron chi connectivity index (χ1n) is 4.14. The monoisotopic (exact) mass is 348 g/mol. The summed E-state index contributed by atoms with van der Waals surface area (Å²) in [7, 11) is 0. The van der Waals surface area contributed by atoms with Crippen LogP contribution in [0.2, 0.25) is 0 Å². The van der Waals surface area contributed by atoms with Crippen molar-refractivity contribution >= 4 is 40.1 Å². The zero-order valence-electron chi connectivity index (χ0n) is 7.75. The zero-order chi connectivity index (χ0) is 11.5. The van der Waals surface area contributed by atoms with Gasteiger partial charge in [0.15, 0.2) is 0 Å². The smallest absolute Gasteiger partial charge is 0.335 e. The molecule has 0 bridgehead atoms. The topological polar surface area (TPSA) is 72.3 Å². The van der Waals surface area contributed by atoms with E-state index < -0.39 is 5.97 Å². The van der Waals surface area contributed by atoms with Crippen molar-refractivity contribution in [2.24, 2.45) is 0 Å². The van der Waals surface area contributed by atoms with Gasteiger partial charge in [0.25, 0.3) is 5.19 Å². The molecule has 0 atom stereocenters. The van der Waals surface area contributed by atoms with Gasteiger partial charge in [-0.1, -0.05) is 0 Å². The molecule has 16 heavy (non-hydrogen) atoms. The van der Waals surface area contributed by atoms with E-state index in [1.54, 1.807) is 6.07 Å². The normalized spacial score (nSPS) is 10.1. The summed E-state index contributed by atoms with van der Waals surface area (Å²) >= 11 is 3.17. The third kappa shape index (κ3) is 2.47. The summed E-state index contributed by atoms with van der Waals surface area (Å²) in [6, 6.07) is 4.67. The molecule has 0 aliphatic heterocycles. The highest BCUT2D eigenvalue weighted by molar-refractivity contribution is 14.1. The van der Waals surface area contributed by atoms with Gasteiger partial charge in [-0.3, -0.25) is 0 Å². The Morgan fingerprint density at radius 2 is 2.31 bits per heavy atom. The van der Waals surface area contributed by atoms with E-state index in [4.69, 9.17) is 9.84 Å². The maximum atomic E-state index is 10.8. The van der Waals surface area contributed by atoms with Gasteiger partial charge in [-0.2, -0.15) is 9.36 Å². The second kappa shape index (κ2) is 4.74. The molecule has 1 N–H and O–H groups in total. The summed E-state index contributed by atoms with van der Waals surface area (Å²) in [6.07, 6.45) is 1.38. The Kier molecular flexibility index (Phi) is 3.34. The number of carboxylic acids is 1. The Labute approximate surface area is 108 Å². The van der Waals surface area contributed by atoms with Gasteiger partial charge in [0.05, 0.1) is 9.13 Å². The fourth-order valence-corrected chi connectivity index (χ4v) is 1.87. The maximum absolute atomic E-state index is 10.8. The first-order valence-corrected chi connectivity index (χ1v) is 5.99. The van der Waals surface area contributed by atoms with E-state index in [-0.39, 0.29) is 5.56 Å². The van der Waals surface area contributed by atoms with E-state index in [1.165, 1.54) is 18.5 Å². The lowest BCUT2D eigenvalue weighted by Gasteiger charge is -2.04. The number of halogens is 1. The molecule has 2 aromatic rings. The second-order valence-corrected chi connectivity index (χ2v) is 4.66. The molecular weight excluding hydrogens is 343 g/mol. The van der Waals surface area contributed by atoms with Crippen LogP contribution in [0.1, 0.15) is 10.4 Å². The summed E-state index contributed by atoms with van der Waals surface area (Å²) in [5.41, 5.74) is 0.180. The summed E-state index contributed by atoms with van der Waals surface area (Å²) in [6.45, 7) is 0. The molecule has 0 fully saturated rings. The molecular formula is C9H5IN2O3S. The van der Waals surface area contributed by atoms with Gasteiger partial charge >= 0.3 is 5.97 Å². The third-order valence-electron chi connectivity index (χ3n) is 1.72. The average molecular weight is 348 g/mol. The van der Waals surface area contributed by atoms with Gasteiger partial charge in [-0.05, 0) is 40.8 Å². The average Bonchev–Trinajstić information content (AvgIpc) is 2.73. The molecule has 2 rings (SSSR count). The van der Waals surface area contributed by atoms with Gasteiger partial charge in [-0.15, -0.1) is 0 Å². The highest BCUT2D eigenvalue weighted by atomic mass is 127.